The number of nitro groups is 2. The monoisotopic (exact) mass is 297 g/mol. The third-order valence-corrected chi connectivity index (χ3v) is 3.04. The van der Waals surface area contributed by atoms with Crippen LogP contribution in [0.2, 0.25) is 0 Å². The minimum atomic E-state index is -0.667. The van der Waals surface area contributed by atoms with Crippen molar-refractivity contribution >= 4 is 11.4 Å². The van der Waals surface area contributed by atoms with Crippen LogP contribution in [0.4, 0.5) is 11.4 Å². The fourth-order valence-electron chi connectivity index (χ4n) is 1.98. The predicted octanol–water partition coefficient (Wildman–Crippen LogP) is 1.01. The van der Waals surface area contributed by atoms with Crippen LogP contribution in [-0.2, 0) is 16.1 Å². The van der Waals surface area contributed by atoms with E-state index in [1.54, 1.807) is 0 Å². The van der Waals surface area contributed by atoms with E-state index in [2.05, 4.69) is 5.32 Å². The Balaban J connectivity index is 1.98. The van der Waals surface area contributed by atoms with Gasteiger partial charge in [-0.3, -0.25) is 20.2 Å². The first-order valence-corrected chi connectivity index (χ1v) is 6.39. The lowest BCUT2D eigenvalue weighted by atomic mass is 10.1. The normalized spacial score (nSPS) is 18.4. The van der Waals surface area contributed by atoms with Crippen molar-refractivity contribution in [2.24, 2.45) is 0 Å². The van der Waals surface area contributed by atoms with Crippen molar-refractivity contribution in [3.05, 3.63) is 44.0 Å². The molecule has 1 aliphatic rings. The van der Waals surface area contributed by atoms with Gasteiger partial charge in [0.15, 0.2) is 0 Å². The minimum Gasteiger partial charge on any atom is -0.374 e. The molecule has 0 saturated carbocycles. The smallest absolute Gasteiger partial charge is 0.281 e. The lowest BCUT2D eigenvalue weighted by Crippen LogP contribution is -2.40. The Bertz CT molecular complexity index is 530. The largest absolute Gasteiger partial charge is 0.374 e. The Morgan fingerprint density at radius 2 is 2.14 bits per heavy atom. The third kappa shape index (κ3) is 4.18. The highest BCUT2D eigenvalue weighted by molar-refractivity contribution is 5.48. The van der Waals surface area contributed by atoms with Crippen LogP contribution in [0.1, 0.15) is 5.56 Å². The highest BCUT2D eigenvalue weighted by Gasteiger charge is 2.20. The van der Waals surface area contributed by atoms with Crippen LogP contribution in [0.3, 0.4) is 0 Å². The number of nitro benzene ring substituents is 2. The van der Waals surface area contributed by atoms with E-state index in [-0.39, 0.29) is 24.1 Å². The van der Waals surface area contributed by atoms with Gasteiger partial charge in [0.1, 0.15) is 0 Å². The molecule has 1 aromatic rings. The molecule has 0 aliphatic carbocycles. The maximum atomic E-state index is 11.0. The molecule has 1 aliphatic heterocycles. The molecule has 0 bridgehead atoms. The highest BCUT2D eigenvalue weighted by Crippen LogP contribution is 2.25. The molecule has 9 heteroatoms. The predicted molar refractivity (Wildman–Crippen MR) is 72.0 cm³/mol. The summed E-state index contributed by atoms with van der Waals surface area (Å²) in [6.45, 7) is 2.38. The van der Waals surface area contributed by atoms with Crippen LogP contribution in [0.25, 0.3) is 0 Å². The molecule has 114 valence electrons. The van der Waals surface area contributed by atoms with Crippen molar-refractivity contribution in [1.29, 1.82) is 0 Å². The molecule has 9 nitrogen and oxygen atoms in total. The summed E-state index contributed by atoms with van der Waals surface area (Å²) in [5.41, 5.74) is -0.327. The van der Waals surface area contributed by atoms with Crippen LogP contribution < -0.4 is 5.32 Å². The topological polar surface area (TPSA) is 117 Å². The number of ether oxygens (including phenoxy) is 2. The van der Waals surface area contributed by atoms with E-state index in [9.17, 15) is 20.2 Å². The van der Waals surface area contributed by atoms with Gasteiger partial charge in [0.2, 0.25) is 0 Å². The van der Waals surface area contributed by atoms with E-state index >= 15 is 0 Å². The highest BCUT2D eigenvalue weighted by atomic mass is 16.6. The second kappa shape index (κ2) is 7.07. The van der Waals surface area contributed by atoms with E-state index in [1.807, 2.05) is 0 Å². The van der Waals surface area contributed by atoms with Gasteiger partial charge in [-0.15, -0.1) is 0 Å². The van der Waals surface area contributed by atoms with Gasteiger partial charge in [0, 0.05) is 19.2 Å². The molecule has 0 amide bonds. The van der Waals surface area contributed by atoms with Crippen molar-refractivity contribution in [2.45, 2.75) is 12.7 Å². The van der Waals surface area contributed by atoms with E-state index < -0.39 is 9.85 Å². The van der Waals surface area contributed by atoms with E-state index in [0.717, 1.165) is 12.6 Å². The second-order valence-electron chi connectivity index (χ2n) is 4.54. The molecule has 1 saturated heterocycles. The zero-order valence-electron chi connectivity index (χ0n) is 11.2. The summed E-state index contributed by atoms with van der Waals surface area (Å²) in [6, 6.07) is 3.51. The molecule has 0 aromatic heterocycles. The molecular weight excluding hydrogens is 282 g/mol. The van der Waals surface area contributed by atoms with Crippen LogP contribution >= 0.6 is 0 Å². The van der Waals surface area contributed by atoms with Gasteiger partial charge in [-0.25, -0.2) is 0 Å². The summed E-state index contributed by atoms with van der Waals surface area (Å²) in [4.78, 5) is 20.3. The van der Waals surface area contributed by atoms with Crippen LogP contribution in [0, 0.1) is 20.2 Å². The van der Waals surface area contributed by atoms with Gasteiger partial charge in [-0.2, -0.15) is 0 Å². The molecule has 1 aromatic carbocycles. The molecule has 0 spiro atoms. The van der Waals surface area contributed by atoms with E-state index in [0.29, 0.717) is 25.3 Å². The average Bonchev–Trinajstić information content (AvgIpc) is 2.48. The Morgan fingerprint density at radius 1 is 1.33 bits per heavy atom. The van der Waals surface area contributed by atoms with Gasteiger partial charge in [0.05, 0.1) is 47.4 Å². The molecule has 1 N–H and O–H groups in total. The number of nitrogens with zero attached hydrogens (tertiary/aromatic N) is 2. The van der Waals surface area contributed by atoms with Crippen LogP contribution in [-0.4, -0.2) is 42.3 Å². The van der Waals surface area contributed by atoms with Gasteiger partial charge in [-0.1, -0.05) is 0 Å². The number of rotatable bonds is 6. The second-order valence-corrected chi connectivity index (χ2v) is 4.54. The Hall–Kier alpha value is -2.10. The van der Waals surface area contributed by atoms with E-state index in [1.165, 1.54) is 12.1 Å². The number of non-ortho nitro benzene ring substituents is 1. The molecule has 1 heterocycles. The molecule has 1 unspecified atom stereocenters. The zero-order chi connectivity index (χ0) is 15.2. The quantitative estimate of drug-likeness (QED) is 0.615. The third-order valence-electron chi connectivity index (χ3n) is 3.04. The van der Waals surface area contributed by atoms with E-state index in [4.69, 9.17) is 9.47 Å². The summed E-state index contributed by atoms with van der Waals surface area (Å²) in [7, 11) is 0. The SMILES string of the molecule is O=[N+]([O-])c1ccc(COCC2CNCCO2)c([N+](=O)[O-])c1. The first-order valence-electron chi connectivity index (χ1n) is 6.39. The van der Waals surface area contributed by atoms with Gasteiger partial charge in [-0.05, 0) is 6.07 Å². The average molecular weight is 297 g/mol. The van der Waals surface area contributed by atoms with Crippen molar-refractivity contribution in [3.63, 3.8) is 0 Å². The minimum absolute atomic E-state index is 0.00810. The van der Waals surface area contributed by atoms with Gasteiger partial charge in [0.25, 0.3) is 11.4 Å². The fraction of sp³-hybridized carbons (Fsp3) is 0.500. The number of hydrogen-bond acceptors (Lipinski definition) is 7. The Labute approximate surface area is 120 Å². The van der Waals surface area contributed by atoms with Crippen molar-refractivity contribution < 1.29 is 19.3 Å². The molecule has 0 radical (unpaired) electrons. The Kier molecular flexibility index (Phi) is 5.14. The summed E-state index contributed by atoms with van der Waals surface area (Å²) < 4.78 is 10.8. The van der Waals surface area contributed by atoms with Crippen molar-refractivity contribution in [3.8, 4) is 0 Å². The van der Waals surface area contributed by atoms with Crippen molar-refractivity contribution in [1.82, 2.24) is 5.32 Å². The molecular formula is C12H15N3O6. The Morgan fingerprint density at radius 3 is 2.76 bits per heavy atom. The lowest BCUT2D eigenvalue weighted by Gasteiger charge is -2.23. The molecule has 1 atom stereocenters. The van der Waals surface area contributed by atoms with Gasteiger partial charge >= 0.3 is 0 Å². The molecule has 21 heavy (non-hydrogen) atoms. The summed E-state index contributed by atoms with van der Waals surface area (Å²) >= 11 is 0. The first-order chi connectivity index (χ1) is 10.1. The number of hydrogen-bond donors (Lipinski definition) is 1. The van der Waals surface area contributed by atoms with Crippen molar-refractivity contribution in [2.75, 3.05) is 26.3 Å². The molecule has 1 fully saturated rings. The summed E-state index contributed by atoms with van der Waals surface area (Å²) in [5, 5.41) is 24.7. The number of morpholine rings is 1. The fourth-order valence-corrected chi connectivity index (χ4v) is 1.98. The summed E-state index contributed by atoms with van der Waals surface area (Å²) in [6.07, 6.45) is -0.0872. The maximum absolute atomic E-state index is 11.0. The lowest BCUT2D eigenvalue weighted by molar-refractivity contribution is -0.394. The van der Waals surface area contributed by atoms with Crippen LogP contribution in [0.5, 0.6) is 0 Å². The maximum Gasteiger partial charge on any atom is 0.281 e. The zero-order valence-corrected chi connectivity index (χ0v) is 11.2. The number of nitrogens with one attached hydrogen (secondary N) is 1. The number of benzene rings is 1. The van der Waals surface area contributed by atoms with Gasteiger partial charge < -0.3 is 14.8 Å². The summed E-state index contributed by atoms with van der Waals surface area (Å²) in [5.74, 6) is 0. The molecule has 2 rings (SSSR count). The standard InChI is InChI=1S/C12H15N3O6/c16-14(17)10-2-1-9(12(5-10)15(18)19)7-20-8-11-6-13-3-4-21-11/h1-2,5,11,13H,3-4,6-8H2. The first kappa shape index (κ1) is 15.3. The van der Waals surface area contributed by atoms with Crippen LogP contribution in [0.15, 0.2) is 18.2 Å².